The summed E-state index contributed by atoms with van der Waals surface area (Å²) in [5.41, 5.74) is 4.86. The summed E-state index contributed by atoms with van der Waals surface area (Å²) in [6.07, 6.45) is 1.51. The Balaban J connectivity index is 1.70. The molecule has 1 aliphatic heterocycles. The first-order chi connectivity index (χ1) is 18.7. The van der Waals surface area contributed by atoms with Crippen LogP contribution in [0.3, 0.4) is 0 Å². The van der Waals surface area contributed by atoms with Crippen LogP contribution < -0.4 is 10.1 Å². The minimum absolute atomic E-state index is 0.135. The number of benzene rings is 1. The Hall–Kier alpha value is -3.21. The van der Waals surface area contributed by atoms with Gasteiger partial charge in [-0.1, -0.05) is 16.8 Å². The van der Waals surface area contributed by atoms with E-state index in [0.29, 0.717) is 53.5 Å². The van der Waals surface area contributed by atoms with Gasteiger partial charge in [0.25, 0.3) is 0 Å². The Morgan fingerprint density at radius 1 is 1.26 bits per heavy atom. The van der Waals surface area contributed by atoms with Gasteiger partial charge >= 0.3 is 6.09 Å². The van der Waals surface area contributed by atoms with Crippen LogP contribution in [0.5, 0.6) is 5.75 Å². The number of nitrogens with zero attached hydrogens (tertiary/aromatic N) is 4. The zero-order valence-electron chi connectivity index (χ0n) is 23.1. The second-order valence-electron chi connectivity index (χ2n) is 9.94. The molecule has 11 heteroatoms. The number of aliphatic hydroxyl groups is 1. The third-order valence-corrected chi connectivity index (χ3v) is 7.44. The summed E-state index contributed by atoms with van der Waals surface area (Å²) in [7, 11) is 3.18. The van der Waals surface area contributed by atoms with Crippen LogP contribution in [0.15, 0.2) is 22.7 Å². The molecule has 2 aromatic heterocycles. The molecular weight excluding hydrogens is 522 g/mol. The fourth-order valence-corrected chi connectivity index (χ4v) is 5.12. The molecule has 1 saturated heterocycles. The Morgan fingerprint density at radius 3 is 2.64 bits per heavy atom. The van der Waals surface area contributed by atoms with Gasteiger partial charge in [-0.25, -0.2) is 14.8 Å². The molecule has 2 N–H and O–H groups in total. The number of carbonyl (C=O) groups is 1. The van der Waals surface area contributed by atoms with E-state index in [1.807, 2.05) is 20.8 Å². The lowest BCUT2D eigenvalue weighted by Crippen LogP contribution is -2.38. The molecule has 210 valence electrons. The minimum atomic E-state index is -0.645. The SMILES string of the molecule is CNC[C@H](O)COc1ccc(Cl)c(-c2nc(CC3CCN(C(=O)OC)CC3)c(C)c(-c3c(C)noc3C)n2)c1. The zero-order valence-corrected chi connectivity index (χ0v) is 23.8. The quantitative estimate of drug-likeness (QED) is 0.395. The van der Waals surface area contributed by atoms with Crippen LogP contribution in [0, 0.1) is 26.7 Å². The standard InChI is InChI=1S/C28H36ClN5O5/c1-16-24(12-19-8-10-34(11-9-19)28(36)37-5)31-27(32-26(16)25-17(2)33-39-18(25)3)22-13-21(6-7-23(22)29)38-15-20(35)14-30-4/h6-7,13,19-20,30,35H,8-12,14-15H2,1-5H3/t20-/m0/s1. The first kappa shape index (κ1) is 28.8. The van der Waals surface area contributed by atoms with Crippen LogP contribution in [-0.4, -0.2) is 77.7 Å². The van der Waals surface area contributed by atoms with Gasteiger partial charge in [0, 0.05) is 30.9 Å². The van der Waals surface area contributed by atoms with Gasteiger partial charge < -0.3 is 29.3 Å². The smallest absolute Gasteiger partial charge is 0.409 e. The average Bonchev–Trinajstić information content (AvgIpc) is 3.27. The van der Waals surface area contributed by atoms with Gasteiger partial charge in [0.05, 0.1) is 29.1 Å². The van der Waals surface area contributed by atoms with Crippen LogP contribution in [-0.2, 0) is 11.2 Å². The molecule has 4 rings (SSSR count). The molecule has 0 spiro atoms. The van der Waals surface area contributed by atoms with Gasteiger partial charge in [-0.15, -0.1) is 0 Å². The third kappa shape index (κ3) is 6.69. The molecule has 0 unspecified atom stereocenters. The number of likely N-dealkylation sites (tertiary alicyclic amines) is 1. The number of nitrogens with one attached hydrogen (secondary N) is 1. The number of rotatable bonds is 9. The van der Waals surface area contributed by atoms with Crippen LogP contribution in [0.2, 0.25) is 5.02 Å². The van der Waals surface area contributed by atoms with E-state index in [9.17, 15) is 9.90 Å². The molecule has 39 heavy (non-hydrogen) atoms. The molecule has 3 aromatic rings. The number of ether oxygens (including phenoxy) is 2. The Kier molecular flexibility index (Phi) is 9.42. The number of hydrogen-bond donors (Lipinski definition) is 2. The maximum atomic E-state index is 11.9. The molecule has 1 amide bonds. The van der Waals surface area contributed by atoms with Crippen molar-refractivity contribution in [3.05, 3.63) is 45.9 Å². The number of amides is 1. The van der Waals surface area contributed by atoms with Crippen molar-refractivity contribution in [3.8, 4) is 28.4 Å². The molecule has 1 atom stereocenters. The lowest BCUT2D eigenvalue weighted by molar-refractivity contribution is 0.106. The molecule has 3 heterocycles. The number of carbonyl (C=O) groups excluding carboxylic acids is 1. The van der Waals surface area contributed by atoms with Gasteiger partial charge in [0.1, 0.15) is 24.2 Å². The van der Waals surface area contributed by atoms with Crippen molar-refractivity contribution >= 4 is 17.7 Å². The highest BCUT2D eigenvalue weighted by atomic mass is 35.5. The van der Waals surface area contributed by atoms with Gasteiger partial charge in [-0.2, -0.15) is 0 Å². The summed E-state index contributed by atoms with van der Waals surface area (Å²) >= 11 is 6.65. The van der Waals surface area contributed by atoms with Crippen LogP contribution in [0.25, 0.3) is 22.6 Å². The van der Waals surface area contributed by atoms with Crippen molar-refractivity contribution in [3.63, 3.8) is 0 Å². The van der Waals surface area contributed by atoms with Crippen molar-refractivity contribution in [2.24, 2.45) is 5.92 Å². The molecule has 0 aliphatic carbocycles. The van der Waals surface area contributed by atoms with Crippen molar-refractivity contribution < 1.29 is 23.9 Å². The van der Waals surface area contributed by atoms with Crippen LogP contribution in [0.4, 0.5) is 4.79 Å². The van der Waals surface area contributed by atoms with E-state index in [-0.39, 0.29) is 12.7 Å². The molecule has 0 saturated carbocycles. The predicted molar refractivity (Wildman–Crippen MR) is 148 cm³/mol. The van der Waals surface area contributed by atoms with Crippen molar-refractivity contribution in [2.45, 2.75) is 46.1 Å². The van der Waals surface area contributed by atoms with E-state index in [0.717, 1.165) is 47.5 Å². The first-order valence-corrected chi connectivity index (χ1v) is 13.5. The number of aryl methyl sites for hydroxylation is 2. The number of aliphatic hydroxyl groups excluding tert-OH is 1. The second kappa shape index (κ2) is 12.8. The number of halogens is 1. The molecule has 1 aromatic carbocycles. The van der Waals surface area contributed by atoms with Gasteiger partial charge in [0.15, 0.2) is 5.82 Å². The minimum Gasteiger partial charge on any atom is -0.491 e. The highest BCUT2D eigenvalue weighted by Gasteiger charge is 2.26. The summed E-state index contributed by atoms with van der Waals surface area (Å²) in [6, 6.07) is 5.31. The van der Waals surface area contributed by atoms with Crippen LogP contribution >= 0.6 is 11.6 Å². The van der Waals surface area contributed by atoms with Crippen LogP contribution in [0.1, 0.15) is 35.6 Å². The van der Waals surface area contributed by atoms with Crippen molar-refractivity contribution in [2.75, 3.05) is 40.4 Å². The van der Waals surface area contributed by atoms with Gasteiger partial charge in [-0.05, 0) is 76.8 Å². The van der Waals surface area contributed by atoms with E-state index >= 15 is 0 Å². The average molecular weight is 558 g/mol. The largest absolute Gasteiger partial charge is 0.491 e. The van der Waals surface area contributed by atoms with E-state index in [1.165, 1.54) is 7.11 Å². The van der Waals surface area contributed by atoms with Crippen molar-refractivity contribution in [1.29, 1.82) is 0 Å². The maximum Gasteiger partial charge on any atom is 0.409 e. The van der Waals surface area contributed by atoms with Gasteiger partial charge in [0.2, 0.25) is 0 Å². The van der Waals surface area contributed by atoms with E-state index in [1.54, 1.807) is 30.1 Å². The number of hydrogen-bond acceptors (Lipinski definition) is 9. The fraction of sp³-hybridized carbons (Fsp3) is 0.500. The van der Waals surface area contributed by atoms with E-state index in [4.69, 9.17) is 35.6 Å². The molecule has 1 fully saturated rings. The molecule has 0 radical (unpaired) electrons. The number of methoxy groups -OCH3 is 1. The summed E-state index contributed by atoms with van der Waals surface area (Å²) in [4.78, 5) is 23.6. The van der Waals surface area contributed by atoms with E-state index < -0.39 is 6.10 Å². The lowest BCUT2D eigenvalue weighted by atomic mass is 9.90. The molecule has 10 nitrogen and oxygen atoms in total. The molecule has 1 aliphatic rings. The van der Waals surface area contributed by atoms with Crippen molar-refractivity contribution in [1.82, 2.24) is 25.3 Å². The summed E-state index contributed by atoms with van der Waals surface area (Å²) in [5.74, 6) is 2.07. The fourth-order valence-electron chi connectivity index (χ4n) is 4.92. The number of aromatic nitrogens is 3. The summed E-state index contributed by atoms with van der Waals surface area (Å²) in [5, 5.41) is 17.6. The van der Waals surface area contributed by atoms with Gasteiger partial charge in [-0.3, -0.25) is 0 Å². The van der Waals surface area contributed by atoms with E-state index in [2.05, 4.69) is 10.5 Å². The predicted octanol–water partition coefficient (Wildman–Crippen LogP) is 4.36. The normalized spacial score (nSPS) is 14.9. The second-order valence-corrected chi connectivity index (χ2v) is 10.3. The Bertz CT molecular complexity index is 1290. The zero-order chi connectivity index (χ0) is 28.1. The number of piperidine rings is 1. The highest BCUT2D eigenvalue weighted by Crippen LogP contribution is 2.36. The molecular formula is C28H36ClN5O5. The Morgan fingerprint density at radius 2 is 2.00 bits per heavy atom. The summed E-state index contributed by atoms with van der Waals surface area (Å²) in [6.45, 7) is 7.64. The number of likely N-dealkylation sites (N-methyl/N-ethyl adjacent to an activating group) is 1. The molecule has 0 bridgehead atoms. The maximum absolute atomic E-state index is 11.9. The lowest BCUT2D eigenvalue weighted by Gasteiger charge is -2.31. The third-order valence-electron chi connectivity index (χ3n) is 7.11. The Labute approximate surface area is 233 Å². The highest BCUT2D eigenvalue weighted by molar-refractivity contribution is 6.33. The monoisotopic (exact) mass is 557 g/mol. The first-order valence-electron chi connectivity index (χ1n) is 13.1. The summed E-state index contributed by atoms with van der Waals surface area (Å²) < 4.78 is 16.2. The topological polar surface area (TPSA) is 123 Å².